The molecule has 30 heavy (non-hydrogen) atoms. The van der Waals surface area contributed by atoms with Gasteiger partial charge in [0.25, 0.3) is 0 Å². The fourth-order valence-electron chi connectivity index (χ4n) is 3.82. The van der Waals surface area contributed by atoms with Crippen LogP contribution in [0.15, 0.2) is 48.4 Å². The Morgan fingerprint density at radius 2 is 2.17 bits per heavy atom. The number of aliphatic hydroxyl groups is 1. The standard InChI is InChI=1S/C23H30N2O4S/c1-4-11-24(14-17(2)26)15-23(27)25-12-9-22-18(10-13-30-22)19(25)16-29-21-8-6-5-7-20(21)28-3/h4-8,10,13,17,19,26H,1,9,11-12,14-16H2,2-3H3/t17-,19+/m1/s1. The zero-order valence-corrected chi connectivity index (χ0v) is 18.4. The van der Waals surface area contributed by atoms with Crippen LogP contribution in [0.3, 0.4) is 0 Å². The smallest absolute Gasteiger partial charge is 0.237 e. The Labute approximate surface area is 182 Å². The first-order valence-electron chi connectivity index (χ1n) is 10.2. The minimum absolute atomic E-state index is 0.0305. The summed E-state index contributed by atoms with van der Waals surface area (Å²) in [6.07, 6.45) is 2.10. The number of amides is 1. The van der Waals surface area contributed by atoms with Crippen molar-refractivity contribution in [3.63, 3.8) is 0 Å². The van der Waals surface area contributed by atoms with E-state index in [9.17, 15) is 9.90 Å². The van der Waals surface area contributed by atoms with Crippen molar-refractivity contribution >= 4 is 17.2 Å². The molecular weight excluding hydrogens is 400 g/mol. The van der Waals surface area contributed by atoms with Gasteiger partial charge in [0.1, 0.15) is 6.61 Å². The molecule has 2 heterocycles. The number of ether oxygens (including phenoxy) is 2. The van der Waals surface area contributed by atoms with Crippen LogP contribution in [0.5, 0.6) is 11.5 Å². The van der Waals surface area contributed by atoms with Crippen LogP contribution in [-0.4, -0.2) is 66.8 Å². The monoisotopic (exact) mass is 430 g/mol. The molecule has 162 valence electrons. The van der Waals surface area contributed by atoms with E-state index in [0.717, 1.165) is 12.0 Å². The van der Waals surface area contributed by atoms with Crippen LogP contribution in [0.1, 0.15) is 23.4 Å². The van der Waals surface area contributed by atoms with Crippen LogP contribution >= 0.6 is 11.3 Å². The molecule has 0 spiro atoms. The lowest BCUT2D eigenvalue weighted by molar-refractivity contribution is -0.136. The number of rotatable bonds is 10. The molecular formula is C23H30N2O4S. The van der Waals surface area contributed by atoms with E-state index in [4.69, 9.17) is 9.47 Å². The Bertz CT molecular complexity index is 851. The summed E-state index contributed by atoms with van der Waals surface area (Å²) in [5.74, 6) is 1.37. The third-order valence-corrected chi connectivity index (χ3v) is 6.15. The Hall–Kier alpha value is -2.35. The van der Waals surface area contributed by atoms with Crippen LogP contribution in [0.4, 0.5) is 0 Å². The molecule has 1 aliphatic rings. The highest BCUT2D eigenvalue weighted by molar-refractivity contribution is 7.10. The Kier molecular flexibility index (Phi) is 7.90. The van der Waals surface area contributed by atoms with Crippen molar-refractivity contribution in [3.8, 4) is 11.5 Å². The molecule has 6 nitrogen and oxygen atoms in total. The predicted molar refractivity (Wildman–Crippen MR) is 119 cm³/mol. The third-order valence-electron chi connectivity index (χ3n) is 5.15. The van der Waals surface area contributed by atoms with Gasteiger partial charge in [-0.05, 0) is 42.5 Å². The van der Waals surface area contributed by atoms with E-state index in [2.05, 4.69) is 18.0 Å². The lowest BCUT2D eigenvalue weighted by Gasteiger charge is -2.37. The van der Waals surface area contributed by atoms with Crippen molar-refractivity contribution in [1.29, 1.82) is 0 Å². The fourth-order valence-corrected chi connectivity index (χ4v) is 4.75. The number of benzene rings is 1. The Morgan fingerprint density at radius 1 is 1.40 bits per heavy atom. The second kappa shape index (κ2) is 10.6. The molecule has 0 saturated heterocycles. The van der Waals surface area contributed by atoms with Gasteiger partial charge in [-0.15, -0.1) is 17.9 Å². The number of nitrogens with zero attached hydrogens (tertiary/aromatic N) is 2. The van der Waals surface area contributed by atoms with Crippen molar-refractivity contribution in [3.05, 3.63) is 58.8 Å². The van der Waals surface area contributed by atoms with Gasteiger partial charge < -0.3 is 19.5 Å². The van der Waals surface area contributed by atoms with E-state index in [1.807, 2.05) is 34.1 Å². The molecule has 3 rings (SSSR count). The van der Waals surface area contributed by atoms with Crippen molar-refractivity contribution < 1.29 is 19.4 Å². The summed E-state index contributed by atoms with van der Waals surface area (Å²) in [5, 5.41) is 11.8. The number of hydrogen-bond acceptors (Lipinski definition) is 6. The average Bonchev–Trinajstić information content (AvgIpc) is 3.21. The van der Waals surface area contributed by atoms with Crippen molar-refractivity contribution in [2.75, 3.05) is 39.9 Å². The predicted octanol–water partition coefficient (Wildman–Crippen LogP) is 3.13. The number of methoxy groups -OCH3 is 1. The molecule has 1 aliphatic heterocycles. The average molecular weight is 431 g/mol. The second-order valence-electron chi connectivity index (χ2n) is 7.45. The topological polar surface area (TPSA) is 62.2 Å². The van der Waals surface area contributed by atoms with Gasteiger partial charge in [-0.3, -0.25) is 9.69 Å². The van der Waals surface area contributed by atoms with Gasteiger partial charge in [-0.1, -0.05) is 18.2 Å². The van der Waals surface area contributed by atoms with Crippen molar-refractivity contribution in [1.82, 2.24) is 9.80 Å². The molecule has 0 unspecified atom stereocenters. The number of carbonyl (C=O) groups is 1. The maximum Gasteiger partial charge on any atom is 0.237 e. The molecule has 7 heteroatoms. The minimum atomic E-state index is -0.507. The summed E-state index contributed by atoms with van der Waals surface area (Å²) in [7, 11) is 1.62. The molecule has 0 saturated carbocycles. The zero-order chi connectivity index (χ0) is 21.5. The lowest BCUT2D eigenvalue weighted by Crippen LogP contribution is -2.47. The van der Waals surface area contributed by atoms with Gasteiger partial charge in [0.05, 0.1) is 25.8 Å². The summed E-state index contributed by atoms with van der Waals surface area (Å²) in [5.41, 5.74) is 1.15. The van der Waals surface area contributed by atoms with E-state index in [0.29, 0.717) is 37.7 Å². The van der Waals surface area contributed by atoms with Crippen molar-refractivity contribution in [2.45, 2.75) is 25.5 Å². The SMILES string of the molecule is C=CCN(CC(=O)N1CCc2sccc2[C@@H]1COc1ccccc1OC)C[C@@H](C)O. The first kappa shape index (κ1) is 22.3. The highest BCUT2D eigenvalue weighted by Crippen LogP contribution is 2.35. The number of carbonyl (C=O) groups excluding carboxylic acids is 1. The third kappa shape index (κ3) is 5.41. The molecule has 0 bridgehead atoms. The van der Waals surface area contributed by atoms with Crippen LogP contribution in [0.25, 0.3) is 0 Å². The van der Waals surface area contributed by atoms with Crippen LogP contribution in [0.2, 0.25) is 0 Å². The van der Waals surface area contributed by atoms with E-state index < -0.39 is 6.10 Å². The van der Waals surface area contributed by atoms with Gasteiger partial charge >= 0.3 is 0 Å². The molecule has 0 aliphatic carbocycles. The molecule has 1 amide bonds. The molecule has 2 aromatic rings. The van der Waals surface area contributed by atoms with E-state index in [-0.39, 0.29) is 18.5 Å². The second-order valence-corrected chi connectivity index (χ2v) is 8.45. The Morgan fingerprint density at radius 3 is 2.87 bits per heavy atom. The molecule has 0 radical (unpaired) electrons. The number of para-hydroxylation sites is 2. The van der Waals surface area contributed by atoms with Gasteiger partial charge in [-0.25, -0.2) is 0 Å². The maximum absolute atomic E-state index is 13.2. The summed E-state index contributed by atoms with van der Waals surface area (Å²) < 4.78 is 11.5. The lowest BCUT2D eigenvalue weighted by atomic mass is 10.0. The van der Waals surface area contributed by atoms with E-state index in [1.54, 1.807) is 31.4 Å². The van der Waals surface area contributed by atoms with Crippen molar-refractivity contribution in [2.24, 2.45) is 0 Å². The number of fused-ring (bicyclic) bond motifs is 1. The summed E-state index contributed by atoms with van der Waals surface area (Å²) >= 11 is 1.73. The number of thiophene rings is 1. The van der Waals surface area contributed by atoms with Gasteiger partial charge in [-0.2, -0.15) is 0 Å². The molecule has 2 atom stereocenters. The maximum atomic E-state index is 13.2. The zero-order valence-electron chi connectivity index (χ0n) is 17.6. The number of hydrogen-bond donors (Lipinski definition) is 1. The summed E-state index contributed by atoms with van der Waals surface area (Å²) in [6.45, 7) is 7.72. The largest absolute Gasteiger partial charge is 0.493 e. The van der Waals surface area contributed by atoms with E-state index >= 15 is 0 Å². The summed E-state index contributed by atoms with van der Waals surface area (Å²) in [4.78, 5) is 18.4. The van der Waals surface area contributed by atoms with Crippen LogP contribution in [0, 0.1) is 0 Å². The molecule has 1 N–H and O–H groups in total. The highest BCUT2D eigenvalue weighted by atomic mass is 32.1. The summed E-state index contributed by atoms with van der Waals surface area (Å²) in [6, 6.07) is 9.47. The first-order valence-corrected chi connectivity index (χ1v) is 11.0. The van der Waals surface area contributed by atoms with Crippen LogP contribution < -0.4 is 9.47 Å². The molecule has 1 aromatic heterocycles. The van der Waals surface area contributed by atoms with Gasteiger partial charge in [0.2, 0.25) is 5.91 Å². The van der Waals surface area contributed by atoms with E-state index in [1.165, 1.54) is 4.88 Å². The van der Waals surface area contributed by atoms with Gasteiger partial charge in [0.15, 0.2) is 11.5 Å². The minimum Gasteiger partial charge on any atom is -0.493 e. The molecule has 1 aromatic carbocycles. The number of aliphatic hydroxyl groups excluding tert-OH is 1. The normalized spacial score (nSPS) is 16.8. The quantitative estimate of drug-likeness (QED) is 0.587. The van der Waals surface area contributed by atoms with Gasteiger partial charge in [0, 0.05) is 24.5 Å². The first-order chi connectivity index (χ1) is 14.5. The molecule has 0 fully saturated rings. The highest BCUT2D eigenvalue weighted by Gasteiger charge is 2.33. The van der Waals surface area contributed by atoms with Crippen LogP contribution in [-0.2, 0) is 11.2 Å². The Balaban J connectivity index is 1.76. The fraction of sp³-hybridized carbons (Fsp3) is 0.435.